The maximum atomic E-state index is 12.9. The fourth-order valence-corrected chi connectivity index (χ4v) is 11.2. The lowest BCUT2D eigenvalue weighted by Crippen LogP contribution is -2.30. The van der Waals surface area contributed by atoms with Crippen LogP contribution < -0.4 is 0 Å². The van der Waals surface area contributed by atoms with E-state index in [-0.39, 0.29) is 31.1 Å². The van der Waals surface area contributed by atoms with E-state index in [0.717, 1.165) is 77.0 Å². The predicted molar refractivity (Wildman–Crippen MR) is 349 cm³/mol. The topological polar surface area (TPSA) is 78.9 Å². The average molecular weight is 1130 g/mol. The summed E-state index contributed by atoms with van der Waals surface area (Å²) in [5.74, 6) is -0.854. The first-order valence-electron chi connectivity index (χ1n) is 36.3. The number of rotatable bonds is 68. The number of hydrogen-bond acceptors (Lipinski definition) is 6. The quantitative estimate of drug-likeness (QED) is 0.0261. The lowest BCUT2D eigenvalue weighted by molar-refractivity contribution is -0.167. The summed E-state index contributed by atoms with van der Waals surface area (Å²) in [5, 5.41) is 0. The predicted octanol–water partition coefficient (Wildman–Crippen LogP) is 25.0. The summed E-state index contributed by atoms with van der Waals surface area (Å²) in [6.45, 7) is 6.68. The number of unbranched alkanes of at least 4 members (excludes halogenated alkanes) is 53. The van der Waals surface area contributed by atoms with Crippen molar-refractivity contribution in [3.05, 3.63) is 24.3 Å². The number of carbonyl (C=O) groups is 3. The van der Waals surface area contributed by atoms with Crippen molar-refractivity contribution in [1.82, 2.24) is 0 Å². The van der Waals surface area contributed by atoms with E-state index < -0.39 is 6.10 Å². The van der Waals surface area contributed by atoms with Crippen molar-refractivity contribution in [2.24, 2.45) is 0 Å². The molecule has 80 heavy (non-hydrogen) atoms. The number of allylic oxidation sites excluding steroid dienone is 4. The van der Waals surface area contributed by atoms with E-state index in [1.807, 2.05) is 0 Å². The third-order valence-corrected chi connectivity index (χ3v) is 16.7. The second-order valence-electron chi connectivity index (χ2n) is 24.9. The van der Waals surface area contributed by atoms with Crippen molar-refractivity contribution in [3.8, 4) is 0 Å². The lowest BCUT2D eigenvalue weighted by Gasteiger charge is -2.18. The van der Waals surface area contributed by atoms with Gasteiger partial charge >= 0.3 is 17.9 Å². The Morgan fingerprint density at radius 2 is 0.450 bits per heavy atom. The van der Waals surface area contributed by atoms with Gasteiger partial charge in [0.25, 0.3) is 0 Å². The number of ether oxygens (including phenoxy) is 3. The van der Waals surface area contributed by atoms with E-state index in [2.05, 4.69) is 45.1 Å². The van der Waals surface area contributed by atoms with Gasteiger partial charge in [-0.15, -0.1) is 0 Å². The molecule has 1 atom stereocenters. The number of esters is 3. The molecule has 6 heteroatoms. The summed E-state index contributed by atoms with van der Waals surface area (Å²) in [4.78, 5) is 38.4. The summed E-state index contributed by atoms with van der Waals surface area (Å²) in [5.41, 5.74) is 0. The highest BCUT2D eigenvalue weighted by molar-refractivity contribution is 5.71. The van der Waals surface area contributed by atoms with Crippen molar-refractivity contribution in [1.29, 1.82) is 0 Å². The van der Waals surface area contributed by atoms with Gasteiger partial charge in [0.05, 0.1) is 0 Å². The van der Waals surface area contributed by atoms with E-state index in [4.69, 9.17) is 14.2 Å². The van der Waals surface area contributed by atoms with Crippen LogP contribution in [-0.2, 0) is 28.6 Å². The van der Waals surface area contributed by atoms with Crippen LogP contribution in [0.15, 0.2) is 24.3 Å². The monoisotopic (exact) mass is 1130 g/mol. The molecule has 0 aromatic heterocycles. The Hall–Kier alpha value is -2.11. The maximum Gasteiger partial charge on any atom is 0.306 e. The average Bonchev–Trinajstić information content (AvgIpc) is 3.46. The van der Waals surface area contributed by atoms with Crippen LogP contribution in [0.1, 0.15) is 412 Å². The summed E-state index contributed by atoms with van der Waals surface area (Å²) in [6, 6.07) is 0. The van der Waals surface area contributed by atoms with Gasteiger partial charge in [-0.2, -0.15) is 0 Å². The Balaban J connectivity index is 4.11. The Morgan fingerprint density at radius 1 is 0.250 bits per heavy atom. The SMILES string of the molecule is CCCCC/C=C\C/C=C\CCCCCCCC(=O)OC(COC(=O)CCCCCCCCCCCCCCCCC)COC(=O)CCCCCCCCCCCCCCCCCCCCCCCCCCCCCCCCCC. The molecule has 0 rings (SSSR count). The molecule has 6 nitrogen and oxygen atoms in total. The van der Waals surface area contributed by atoms with Gasteiger partial charge in [0.2, 0.25) is 0 Å². The van der Waals surface area contributed by atoms with Crippen LogP contribution in [0.25, 0.3) is 0 Å². The van der Waals surface area contributed by atoms with Gasteiger partial charge in [-0.3, -0.25) is 14.4 Å². The van der Waals surface area contributed by atoms with Crippen molar-refractivity contribution in [2.75, 3.05) is 13.2 Å². The van der Waals surface area contributed by atoms with Crippen molar-refractivity contribution in [3.63, 3.8) is 0 Å². The van der Waals surface area contributed by atoms with Crippen LogP contribution in [0.3, 0.4) is 0 Å². The van der Waals surface area contributed by atoms with E-state index in [0.29, 0.717) is 19.3 Å². The second-order valence-corrected chi connectivity index (χ2v) is 24.9. The molecule has 0 aromatic carbocycles. The summed E-state index contributed by atoms with van der Waals surface area (Å²) < 4.78 is 17.0. The first-order chi connectivity index (χ1) is 39.5. The molecule has 1 unspecified atom stereocenters. The molecule has 0 saturated heterocycles. The normalized spacial score (nSPS) is 12.1. The Kier molecular flexibility index (Phi) is 67.6. The summed E-state index contributed by atoms with van der Waals surface area (Å²) in [6.07, 6.45) is 85.2. The fourth-order valence-electron chi connectivity index (χ4n) is 11.2. The molecular formula is C74H140O6. The third-order valence-electron chi connectivity index (χ3n) is 16.7. The van der Waals surface area contributed by atoms with Crippen LogP contribution >= 0.6 is 0 Å². The van der Waals surface area contributed by atoms with E-state index >= 15 is 0 Å². The fraction of sp³-hybridized carbons (Fsp3) is 0.905. The van der Waals surface area contributed by atoms with E-state index in [1.54, 1.807) is 0 Å². The van der Waals surface area contributed by atoms with Gasteiger partial charge in [0.1, 0.15) is 13.2 Å². The molecule has 0 radical (unpaired) electrons. The molecule has 0 aromatic rings. The highest BCUT2D eigenvalue weighted by Gasteiger charge is 2.19. The first-order valence-corrected chi connectivity index (χ1v) is 36.3. The highest BCUT2D eigenvalue weighted by Crippen LogP contribution is 2.19. The number of hydrogen-bond donors (Lipinski definition) is 0. The molecule has 0 N–H and O–H groups in total. The van der Waals surface area contributed by atoms with Crippen LogP contribution in [-0.4, -0.2) is 37.2 Å². The zero-order valence-electron chi connectivity index (χ0n) is 54.4. The summed E-state index contributed by atoms with van der Waals surface area (Å²) in [7, 11) is 0. The molecule has 0 heterocycles. The van der Waals surface area contributed by atoms with Crippen molar-refractivity contribution in [2.45, 2.75) is 419 Å². The van der Waals surface area contributed by atoms with E-state index in [1.165, 1.54) is 295 Å². The summed E-state index contributed by atoms with van der Waals surface area (Å²) >= 11 is 0. The maximum absolute atomic E-state index is 12.9. The third kappa shape index (κ3) is 66.7. The van der Waals surface area contributed by atoms with Crippen LogP contribution in [0.5, 0.6) is 0 Å². The number of carbonyl (C=O) groups excluding carboxylic acids is 3. The van der Waals surface area contributed by atoms with Crippen LogP contribution in [0.4, 0.5) is 0 Å². The molecule has 0 spiro atoms. The van der Waals surface area contributed by atoms with Crippen molar-refractivity contribution < 1.29 is 28.6 Å². The van der Waals surface area contributed by atoms with Gasteiger partial charge in [-0.05, 0) is 51.4 Å². The minimum atomic E-state index is -0.775. The van der Waals surface area contributed by atoms with Crippen molar-refractivity contribution >= 4 is 17.9 Å². The zero-order chi connectivity index (χ0) is 57.8. The molecule has 0 saturated carbocycles. The van der Waals surface area contributed by atoms with Gasteiger partial charge in [0, 0.05) is 19.3 Å². The molecule has 0 aliphatic rings. The first kappa shape index (κ1) is 77.9. The van der Waals surface area contributed by atoms with Gasteiger partial charge < -0.3 is 14.2 Å². The molecule has 472 valence electrons. The molecule has 0 fully saturated rings. The minimum Gasteiger partial charge on any atom is -0.462 e. The second kappa shape index (κ2) is 69.4. The molecular weight excluding hydrogens is 985 g/mol. The molecule has 0 aliphatic heterocycles. The minimum absolute atomic E-state index is 0.0708. The Bertz CT molecular complexity index is 1290. The highest BCUT2D eigenvalue weighted by atomic mass is 16.6. The van der Waals surface area contributed by atoms with Crippen LogP contribution in [0.2, 0.25) is 0 Å². The zero-order valence-corrected chi connectivity index (χ0v) is 54.4. The Morgan fingerprint density at radius 3 is 0.713 bits per heavy atom. The Labute approximate surface area is 500 Å². The lowest BCUT2D eigenvalue weighted by atomic mass is 10.0. The molecule has 0 bridgehead atoms. The standard InChI is InChI=1S/C74H140O6/c1-4-7-10-13-16-19-22-25-28-29-30-31-32-33-34-35-36-37-38-39-40-41-42-43-44-47-49-52-55-58-61-64-67-73(76)79-70-71(80-74(77)68-65-62-59-56-53-50-46-27-24-21-18-15-12-9-6-3)69-78-72(75)66-63-60-57-54-51-48-45-26-23-20-17-14-11-8-5-2/h18,21,27,46,71H,4-17,19-20,22-26,28-45,47-70H2,1-3H3/b21-18-,46-27-. The van der Waals surface area contributed by atoms with Gasteiger partial charge in [-0.25, -0.2) is 0 Å². The molecule has 0 amide bonds. The van der Waals surface area contributed by atoms with Gasteiger partial charge in [0.15, 0.2) is 6.10 Å². The van der Waals surface area contributed by atoms with Gasteiger partial charge in [-0.1, -0.05) is 366 Å². The van der Waals surface area contributed by atoms with Crippen LogP contribution in [0, 0.1) is 0 Å². The molecule has 0 aliphatic carbocycles. The smallest absolute Gasteiger partial charge is 0.306 e. The largest absolute Gasteiger partial charge is 0.462 e. The van der Waals surface area contributed by atoms with E-state index in [9.17, 15) is 14.4 Å².